The van der Waals surface area contributed by atoms with Crippen molar-refractivity contribution in [3.05, 3.63) is 40.5 Å². The molecule has 7 heteroatoms. The Morgan fingerprint density at radius 2 is 2.12 bits per heavy atom. The minimum Gasteiger partial charge on any atom is -0.493 e. The molecule has 1 fully saturated rings. The molecule has 1 aliphatic heterocycles. The van der Waals surface area contributed by atoms with E-state index in [0.717, 1.165) is 19.3 Å². The van der Waals surface area contributed by atoms with Gasteiger partial charge in [-0.3, -0.25) is 10.1 Å². The Labute approximate surface area is 140 Å². The van der Waals surface area contributed by atoms with Crippen molar-refractivity contribution in [2.45, 2.75) is 26.2 Å². The van der Waals surface area contributed by atoms with E-state index in [1.165, 1.54) is 17.0 Å². The molecule has 0 aliphatic carbocycles. The number of ether oxygens (including phenoxy) is 1. The molecule has 1 aliphatic rings. The Morgan fingerprint density at radius 1 is 1.46 bits per heavy atom. The average Bonchev–Trinajstić information content (AvgIpc) is 2.55. The maximum Gasteiger partial charge on any atom is 0.407 e. The molecule has 1 amide bonds. The van der Waals surface area contributed by atoms with E-state index in [9.17, 15) is 14.9 Å². The van der Waals surface area contributed by atoms with Crippen LogP contribution in [0.25, 0.3) is 5.57 Å². The minimum absolute atomic E-state index is 0.0152. The van der Waals surface area contributed by atoms with E-state index in [0.29, 0.717) is 42.5 Å². The number of allylic oxidation sites excluding steroid dienone is 1. The van der Waals surface area contributed by atoms with Crippen LogP contribution < -0.4 is 4.74 Å². The number of hydrogen-bond acceptors (Lipinski definition) is 4. The number of nitrogens with zero attached hydrogens (tertiary/aromatic N) is 2. The number of benzene rings is 1. The van der Waals surface area contributed by atoms with Crippen LogP contribution in [-0.2, 0) is 0 Å². The molecule has 2 rings (SSSR count). The summed E-state index contributed by atoms with van der Waals surface area (Å²) in [6, 6.07) is 4.51. The number of amides is 1. The summed E-state index contributed by atoms with van der Waals surface area (Å²) in [6.45, 7) is 7.25. The minimum atomic E-state index is -0.860. The van der Waals surface area contributed by atoms with Crippen molar-refractivity contribution in [2.24, 2.45) is 5.92 Å². The Balaban J connectivity index is 1.89. The smallest absolute Gasteiger partial charge is 0.407 e. The molecule has 24 heavy (non-hydrogen) atoms. The highest BCUT2D eigenvalue weighted by Gasteiger charge is 2.22. The van der Waals surface area contributed by atoms with Crippen LogP contribution in [0.4, 0.5) is 10.5 Å². The van der Waals surface area contributed by atoms with Gasteiger partial charge in [-0.05, 0) is 43.7 Å². The van der Waals surface area contributed by atoms with Crippen LogP contribution in [0.15, 0.2) is 24.8 Å². The van der Waals surface area contributed by atoms with Gasteiger partial charge in [0.1, 0.15) is 5.75 Å². The number of rotatable bonds is 6. The summed E-state index contributed by atoms with van der Waals surface area (Å²) >= 11 is 0. The van der Waals surface area contributed by atoms with Crippen LogP contribution in [0.5, 0.6) is 5.75 Å². The summed E-state index contributed by atoms with van der Waals surface area (Å²) in [7, 11) is 0. The number of nitro groups is 1. The molecule has 1 aromatic rings. The van der Waals surface area contributed by atoms with Gasteiger partial charge < -0.3 is 14.7 Å². The zero-order valence-electron chi connectivity index (χ0n) is 13.7. The van der Waals surface area contributed by atoms with Gasteiger partial charge in [0.2, 0.25) is 0 Å². The van der Waals surface area contributed by atoms with Gasteiger partial charge in [-0.25, -0.2) is 4.79 Å². The molecule has 0 spiro atoms. The van der Waals surface area contributed by atoms with Crippen LogP contribution >= 0.6 is 0 Å². The largest absolute Gasteiger partial charge is 0.493 e. The SMILES string of the molecule is C=C(C)c1cc([N+](=O)[O-])ccc1OCCC1CCN(C(=O)O)CC1. The van der Waals surface area contributed by atoms with Gasteiger partial charge in [-0.1, -0.05) is 6.58 Å². The van der Waals surface area contributed by atoms with Gasteiger partial charge in [0, 0.05) is 30.8 Å². The molecule has 0 bridgehead atoms. The third kappa shape index (κ3) is 4.47. The van der Waals surface area contributed by atoms with Crippen molar-refractivity contribution in [3.8, 4) is 5.75 Å². The second-order valence-corrected chi connectivity index (χ2v) is 6.07. The fourth-order valence-electron chi connectivity index (χ4n) is 2.84. The molecule has 1 heterocycles. The van der Waals surface area contributed by atoms with E-state index in [1.54, 1.807) is 13.0 Å². The third-order valence-corrected chi connectivity index (χ3v) is 4.30. The predicted molar refractivity (Wildman–Crippen MR) is 90.2 cm³/mol. The van der Waals surface area contributed by atoms with Crippen molar-refractivity contribution in [1.29, 1.82) is 0 Å². The molecular formula is C17H22N2O5. The molecule has 130 valence electrons. The van der Waals surface area contributed by atoms with Crippen LogP contribution in [0.1, 0.15) is 31.7 Å². The van der Waals surface area contributed by atoms with Crippen LogP contribution in [0, 0.1) is 16.0 Å². The van der Waals surface area contributed by atoms with Crippen molar-refractivity contribution < 1.29 is 19.6 Å². The van der Waals surface area contributed by atoms with Gasteiger partial charge in [0.05, 0.1) is 11.5 Å². The average molecular weight is 334 g/mol. The molecule has 1 aromatic carbocycles. The Hall–Kier alpha value is -2.57. The maximum atomic E-state index is 10.9. The molecule has 7 nitrogen and oxygen atoms in total. The summed E-state index contributed by atoms with van der Waals surface area (Å²) in [5.41, 5.74) is 1.37. The number of non-ortho nitro benzene ring substituents is 1. The zero-order valence-corrected chi connectivity index (χ0v) is 13.7. The molecule has 0 unspecified atom stereocenters. The van der Waals surface area contributed by atoms with Crippen molar-refractivity contribution >= 4 is 17.4 Å². The second kappa shape index (κ2) is 7.81. The van der Waals surface area contributed by atoms with E-state index in [2.05, 4.69) is 6.58 Å². The van der Waals surface area contributed by atoms with E-state index in [4.69, 9.17) is 9.84 Å². The number of nitro benzene ring substituents is 1. The predicted octanol–water partition coefficient (Wildman–Crippen LogP) is 3.79. The van der Waals surface area contributed by atoms with Crippen LogP contribution in [0.3, 0.4) is 0 Å². The lowest BCUT2D eigenvalue weighted by molar-refractivity contribution is -0.384. The van der Waals surface area contributed by atoms with E-state index in [-0.39, 0.29) is 5.69 Å². The molecule has 1 saturated heterocycles. The number of hydrogen-bond donors (Lipinski definition) is 1. The summed E-state index contributed by atoms with van der Waals surface area (Å²) in [5.74, 6) is 1.03. The van der Waals surface area contributed by atoms with Gasteiger partial charge in [-0.15, -0.1) is 0 Å². The number of piperidine rings is 1. The molecule has 1 N–H and O–H groups in total. The van der Waals surface area contributed by atoms with E-state index in [1.807, 2.05) is 0 Å². The standard InChI is InChI=1S/C17H22N2O5/c1-12(2)15-11-14(19(22)23)3-4-16(15)24-10-7-13-5-8-18(9-6-13)17(20)21/h3-4,11,13H,1,5-10H2,2H3,(H,20,21). The molecule has 0 aromatic heterocycles. The molecular weight excluding hydrogens is 312 g/mol. The first-order valence-corrected chi connectivity index (χ1v) is 7.93. The van der Waals surface area contributed by atoms with Crippen molar-refractivity contribution in [2.75, 3.05) is 19.7 Å². The van der Waals surface area contributed by atoms with Crippen molar-refractivity contribution in [1.82, 2.24) is 4.90 Å². The Bertz CT molecular complexity index is 636. The molecule has 0 saturated carbocycles. The summed E-state index contributed by atoms with van der Waals surface area (Å²) < 4.78 is 5.80. The maximum absolute atomic E-state index is 10.9. The Morgan fingerprint density at radius 3 is 2.67 bits per heavy atom. The first-order chi connectivity index (χ1) is 11.4. The number of likely N-dealkylation sites (tertiary alicyclic amines) is 1. The van der Waals surface area contributed by atoms with Crippen LogP contribution in [0.2, 0.25) is 0 Å². The van der Waals surface area contributed by atoms with Gasteiger partial charge >= 0.3 is 6.09 Å². The molecule has 0 atom stereocenters. The van der Waals surface area contributed by atoms with Crippen molar-refractivity contribution in [3.63, 3.8) is 0 Å². The highest BCUT2D eigenvalue weighted by molar-refractivity contribution is 5.69. The van der Waals surface area contributed by atoms with Gasteiger partial charge in [0.25, 0.3) is 5.69 Å². The lowest BCUT2D eigenvalue weighted by Gasteiger charge is -2.29. The van der Waals surface area contributed by atoms with Gasteiger partial charge in [0.15, 0.2) is 0 Å². The summed E-state index contributed by atoms with van der Waals surface area (Å²) in [5, 5.41) is 19.8. The lowest BCUT2D eigenvalue weighted by atomic mass is 9.94. The first-order valence-electron chi connectivity index (χ1n) is 7.93. The highest BCUT2D eigenvalue weighted by atomic mass is 16.6. The van der Waals surface area contributed by atoms with E-state index < -0.39 is 11.0 Å². The third-order valence-electron chi connectivity index (χ3n) is 4.30. The molecule has 0 radical (unpaired) electrons. The summed E-state index contributed by atoms with van der Waals surface area (Å²) in [4.78, 5) is 22.8. The fraction of sp³-hybridized carbons (Fsp3) is 0.471. The second-order valence-electron chi connectivity index (χ2n) is 6.07. The van der Waals surface area contributed by atoms with Crippen LogP contribution in [-0.4, -0.2) is 40.7 Å². The highest BCUT2D eigenvalue weighted by Crippen LogP contribution is 2.30. The first kappa shape index (κ1) is 17.8. The fourth-order valence-corrected chi connectivity index (χ4v) is 2.84. The number of carbonyl (C=O) groups is 1. The number of carboxylic acid groups (broad SMARTS) is 1. The quantitative estimate of drug-likeness (QED) is 0.631. The van der Waals surface area contributed by atoms with E-state index >= 15 is 0 Å². The lowest BCUT2D eigenvalue weighted by Crippen LogP contribution is -2.37. The normalized spacial score (nSPS) is 15.1. The summed E-state index contributed by atoms with van der Waals surface area (Å²) in [6.07, 6.45) is 1.65. The monoisotopic (exact) mass is 334 g/mol. The van der Waals surface area contributed by atoms with Gasteiger partial charge in [-0.2, -0.15) is 0 Å². The topological polar surface area (TPSA) is 92.9 Å². The Kier molecular flexibility index (Phi) is 5.78. The zero-order chi connectivity index (χ0) is 17.7.